The van der Waals surface area contributed by atoms with Gasteiger partial charge in [0.1, 0.15) is 0 Å². The summed E-state index contributed by atoms with van der Waals surface area (Å²) in [7, 11) is -3.79. The second-order valence-electron chi connectivity index (χ2n) is 2.40. The third-order valence-corrected chi connectivity index (χ3v) is 2.37. The number of hydrogen-bond donors (Lipinski definition) is 3. The summed E-state index contributed by atoms with van der Waals surface area (Å²) in [6, 6.07) is 6.44. The zero-order chi connectivity index (χ0) is 8.48. The molecule has 0 heterocycles. The molecule has 3 N–H and O–H groups in total. The minimum atomic E-state index is -3.79. The van der Waals surface area contributed by atoms with Crippen LogP contribution in [0.25, 0.3) is 0 Å². The van der Waals surface area contributed by atoms with Gasteiger partial charge in [-0.1, -0.05) is 17.7 Å². The van der Waals surface area contributed by atoms with Crippen LogP contribution in [-0.2, 0) is 16.5 Å². The monoisotopic (exact) mass is 231 g/mol. The molecule has 0 unspecified atom stereocenters. The smallest absolute Gasteiger partial charge is 0.189 e. The molecule has 0 aliphatic carbocycles. The summed E-state index contributed by atoms with van der Waals surface area (Å²) < 4.78 is 0. The van der Waals surface area contributed by atoms with Crippen LogP contribution in [0.2, 0.25) is 0 Å². The molecule has 5 heteroatoms. The van der Waals surface area contributed by atoms with E-state index in [0.717, 1.165) is 5.56 Å². The van der Waals surface area contributed by atoms with Crippen LogP contribution >= 0.6 is 7.94 Å². The van der Waals surface area contributed by atoms with Crippen LogP contribution in [0.3, 0.4) is 0 Å². The number of rotatable bonds is 1. The first kappa shape index (κ1) is 12.0. The molecule has 0 aromatic heterocycles. The van der Waals surface area contributed by atoms with Gasteiger partial charge in [-0.2, -0.15) is 14.7 Å². The Bertz CT molecular complexity index is 242. The predicted octanol–water partition coefficient (Wildman–Crippen LogP) is 0.357. The van der Waals surface area contributed by atoms with Crippen LogP contribution in [0.15, 0.2) is 24.3 Å². The molecule has 0 bridgehead atoms. The van der Waals surface area contributed by atoms with Crippen LogP contribution in [0, 0.1) is 6.92 Å². The van der Waals surface area contributed by atoms with Gasteiger partial charge in [0.25, 0.3) is 0 Å². The minimum Gasteiger partial charge on any atom is -0.189 e. The molecule has 0 amide bonds. The third kappa shape index (κ3) is 3.18. The van der Waals surface area contributed by atoms with E-state index < -0.39 is 7.94 Å². The van der Waals surface area contributed by atoms with Crippen LogP contribution in [-0.4, -0.2) is 14.7 Å². The van der Waals surface area contributed by atoms with Gasteiger partial charge in [0.05, 0.1) is 0 Å². The summed E-state index contributed by atoms with van der Waals surface area (Å²) in [5.74, 6) is 0. The van der Waals surface area contributed by atoms with Crippen molar-refractivity contribution >= 4 is 13.2 Å². The van der Waals surface area contributed by atoms with Crippen molar-refractivity contribution in [2.45, 2.75) is 6.92 Å². The van der Waals surface area contributed by atoms with E-state index in [4.69, 9.17) is 14.7 Å². The van der Waals surface area contributed by atoms with Crippen molar-refractivity contribution in [2.75, 3.05) is 0 Å². The topological polar surface area (TPSA) is 60.7 Å². The summed E-state index contributed by atoms with van der Waals surface area (Å²) in [6.45, 7) is 1.88. The molecule has 0 aliphatic heterocycles. The standard InChI is InChI=1S/C7H10O3P.Ni/c1-6-2-4-7(5-3-6)11(8,9)10;/h2-5,8-10H,1H3;/q+1;. The van der Waals surface area contributed by atoms with Crippen LogP contribution in [0.1, 0.15) is 5.56 Å². The molecule has 12 heavy (non-hydrogen) atoms. The van der Waals surface area contributed by atoms with E-state index in [2.05, 4.69) is 0 Å². The van der Waals surface area contributed by atoms with E-state index in [-0.39, 0.29) is 21.8 Å². The van der Waals surface area contributed by atoms with Crippen LogP contribution in [0.4, 0.5) is 0 Å². The Morgan fingerprint density at radius 2 is 1.42 bits per heavy atom. The Balaban J connectivity index is 0.00000121. The largest absolute Gasteiger partial charge is 0.440 e. The maximum Gasteiger partial charge on any atom is 0.440 e. The van der Waals surface area contributed by atoms with E-state index in [9.17, 15) is 0 Å². The first-order valence-electron chi connectivity index (χ1n) is 3.14. The molecule has 0 saturated carbocycles. The van der Waals surface area contributed by atoms with Crippen molar-refractivity contribution in [3.63, 3.8) is 0 Å². The zero-order valence-corrected chi connectivity index (χ0v) is 8.30. The molecule has 70 valence electrons. The normalized spacial score (nSPS) is 10.7. The van der Waals surface area contributed by atoms with Crippen molar-refractivity contribution in [2.24, 2.45) is 0 Å². The molecule has 0 radical (unpaired) electrons. The molecule has 0 fully saturated rings. The molecule has 0 saturated heterocycles. The first-order chi connectivity index (χ1) is 5.00. The van der Waals surface area contributed by atoms with Gasteiger partial charge in [-0.05, 0) is 19.1 Å². The van der Waals surface area contributed by atoms with E-state index in [0.29, 0.717) is 0 Å². The molecule has 1 aromatic rings. The van der Waals surface area contributed by atoms with Crippen molar-refractivity contribution in [1.82, 2.24) is 0 Å². The van der Waals surface area contributed by atoms with Gasteiger partial charge in [-0.15, -0.1) is 0 Å². The van der Waals surface area contributed by atoms with Crippen LogP contribution < -0.4 is 5.30 Å². The Morgan fingerprint density at radius 1 is 1.00 bits per heavy atom. The van der Waals surface area contributed by atoms with Gasteiger partial charge >= 0.3 is 7.94 Å². The molecule has 0 atom stereocenters. The van der Waals surface area contributed by atoms with Gasteiger partial charge in [0.2, 0.25) is 0 Å². The molecule has 3 nitrogen and oxygen atoms in total. The summed E-state index contributed by atoms with van der Waals surface area (Å²) in [5, 5.41) is 0.183. The SMILES string of the molecule is Cc1ccc([P+](O)(O)O)cc1.[Ni]. The first-order valence-corrected chi connectivity index (χ1v) is 4.79. The predicted molar refractivity (Wildman–Crippen MR) is 44.4 cm³/mol. The maximum absolute atomic E-state index is 8.80. The summed E-state index contributed by atoms with van der Waals surface area (Å²) >= 11 is 0. The van der Waals surface area contributed by atoms with Crippen molar-refractivity contribution in [3.05, 3.63) is 29.8 Å². The van der Waals surface area contributed by atoms with Gasteiger partial charge in [0, 0.05) is 16.5 Å². The van der Waals surface area contributed by atoms with Crippen molar-refractivity contribution in [1.29, 1.82) is 0 Å². The fraction of sp³-hybridized carbons (Fsp3) is 0.143. The second-order valence-corrected chi connectivity index (χ2v) is 4.06. The van der Waals surface area contributed by atoms with Crippen molar-refractivity contribution < 1.29 is 31.2 Å². The summed E-state index contributed by atoms with van der Waals surface area (Å²) in [6.07, 6.45) is 0. The quantitative estimate of drug-likeness (QED) is 0.483. The van der Waals surface area contributed by atoms with Gasteiger partial charge < -0.3 is 0 Å². The zero-order valence-electron chi connectivity index (χ0n) is 6.41. The molecule has 0 spiro atoms. The van der Waals surface area contributed by atoms with Gasteiger partial charge in [0.15, 0.2) is 5.30 Å². The van der Waals surface area contributed by atoms with E-state index in [1.54, 1.807) is 12.1 Å². The fourth-order valence-corrected chi connectivity index (χ4v) is 1.29. The molecule has 1 aromatic carbocycles. The number of aryl methyl sites for hydroxylation is 1. The maximum atomic E-state index is 8.80. The van der Waals surface area contributed by atoms with Crippen LogP contribution in [0.5, 0.6) is 0 Å². The summed E-state index contributed by atoms with van der Waals surface area (Å²) in [4.78, 5) is 26.4. The number of benzene rings is 1. The van der Waals surface area contributed by atoms with E-state index in [1.807, 2.05) is 6.92 Å². The van der Waals surface area contributed by atoms with Gasteiger partial charge in [-0.25, -0.2) is 0 Å². The third-order valence-electron chi connectivity index (χ3n) is 1.38. The Hall–Kier alpha value is 0.0235. The molecular weight excluding hydrogens is 222 g/mol. The minimum absolute atomic E-state index is 0. The Labute approximate surface area is 81.6 Å². The average Bonchev–Trinajstić information content (AvgIpc) is 1.86. The fourth-order valence-electron chi connectivity index (χ4n) is 0.745. The Morgan fingerprint density at radius 3 is 1.75 bits per heavy atom. The average molecular weight is 232 g/mol. The molecular formula is C7H10NiO3P+. The van der Waals surface area contributed by atoms with E-state index in [1.165, 1.54) is 12.1 Å². The van der Waals surface area contributed by atoms with Gasteiger partial charge in [-0.3, -0.25) is 0 Å². The molecule has 0 aliphatic rings. The molecule has 1 rings (SSSR count). The number of hydrogen-bond acceptors (Lipinski definition) is 3. The van der Waals surface area contributed by atoms with E-state index >= 15 is 0 Å². The van der Waals surface area contributed by atoms with Crippen molar-refractivity contribution in [3.8, 4) is 0 Å². The summed E-state index contributed by atoms with van der Waals surface area (Å²) in [5.41, 5.74) is 1.02. The second kappa shape index (κ2) is 4.31. The Kier molecular flexibility index (Phi) is 4.32.